The smallest absolute Gasteiger partial charge is 0.374 e. The van der Waals surface area contributed by atoms with Gasteiger partial charge in [0, 0.05) is 17.0 Å². The van der Waals surface area contributed by atoms with Crippen LogP contribution in [0, 0.1) is 0 Å². The molecule has 0 aliphatic carbocycles. The van der Waals surface area contributed by atoms with Gasteiger partial charge in [-0.2, -0.15) is 4.57 Å². The summed E-state index contributed by atoms with van der Waals surface area (Å²) in [4.78, 5) is 11.2. The summed E-state index contributed by atoms with van der Waals surface area (Å²) in [5.41, 5.74) is 2.40. The van der Waals surface area contributed by atoms with Crippen molar-refractivity contribution in [2.24, 2.45) is 0 Å². The first-order valence-corrected chi connectivity index (χ1v) is 8.67. The van der Waals surface area contributed by atoms with Crippen LogP contribution in [0.3, 0.4) is 0 Å². The van der Waals surface area contributed by atoms with Crippen molar-refractivity contribution in [3.8, 4) is 11.6 Å². The standard InChI is InChI=1S/C23H17NO3/c25-23(26)19-10-6-11-20(15-19)27-22-14-13-18-9-4-5-12-21(18)24(22)16-17-7-2-1-3-8-17/h1-15H,16H2/p+1. The summed E-state index contributed by atoms with van der Waals surface area (Å²) in [6, 6.07) is 28.7. The van der Waals surface area contributed by atoms with E-state index in [1.54, 1.807) is 18.2 Å². The van der Waals surface area contributed by atoms with Crippen LogP contribution >= 0.6 is 0 Å². The Bertz CT molecular complexity index is 1110. The van der Waals surface area contributed by atoms with Crippen molar-refractivity contribution >= 4 is 16.9 Å². The highest BCUT2D eigenvalue weighted by Crippen LogP contribution is 2.23. The Balaban J connectivity index is 1.79. The molecule has 0 saturated carbocycles. The van der Waals surface area contributed by atoms with Crippen LogP contribution in [0.2, 0.25) is 0 Å². The van der Waals surface area contributed by atoms with Crippen LogP contribution in [0.4, 0.5) is 0 Å². The Labute approximate surface area is 156 Å². The van der Waals surface area contributed by atoms with Crippen molar-refractivity contribution < 1.29 is 19.2 Å². The van der Waals surface area contributed by atoms with Gasteiger partial charge in [-0.1, -0.05) is 48.5 Å². The quantitative estimate of drug-likeness (QED) is 0.529. The SMILES string of the molecule is O=C(O)c1cccc(Oc2ccc3ccccc3[n+]2Cc2ccccc2)c1. The summed E-state index contributed by atoms with van der Waals surface area (Å²) in [6.07, 6.45) is 0. The molecule has 0 unspecified atom stereocenters. The number of rotatable bonds is 5. The summed E-state index contributed by atoms with van der Waals surface area (Å²) in [5, 5.41) is 10.3. The van der Waals surface area contributed by atoms with Gasteiger partial charge in [0.05, 0.1) is 11.6 Å². The highest BCUT2D eigenvalue weighted by Gasteiger charge is 2.18. The molecule has 3 aromatic carbocycles. The van der Waals surface area contributed by atoms with Crippen LogP contribution < -0.4 is 9.30 Å². The molecule has 0 bridgehead atoms. The van der Waals surface area contributed by atoms with Crippen LogP contribution in [0.1, 0.15) is 15.9 Å². The van der Waals surface area contributed by atoms with Crippen LogP contribution in [0.15, 0.2) is 91.0 Å². The van der Waals surface area contributed by atoms with Gasteiger partial charge in [-0.15, -0.1) is 0 Å². The molecule has 4 nitrogen and oxygen atoms in total. The largest absolute Gasteiger partial charge is 0.478 e. The van der Waals surface area contributed by atoms with E-state index in [4.69, 9.17) is 4.74 Å². The van der Waals surface area contributed by atoms with Crippen LogP contribution in [0.5, 0.6) is 11.6 Å². The van der Waals surface area contributed by atoms with E-state index >= 15 is 0 Å². The van der Waals surface area contributed by atoms with E-state index in [-0.39, 0.29) is 5.56 Å². The average molecular weight is 356 g/mol. The third kappa shape index (κ3) is 3.65. The number of carboxylic acid groups (broad SMARTS) is 1. The molecule has 0 saturated heterocycles. The fourth-order valence-corrected chi connectivity index (χ4v) is 3.08. The minimum absolute atomic E-state index is 0.197. The van der Waals surface area contributed by atoms with Crippen molar-refractivity contribution in [1.29, 1.82) is 0 Å². The molecule has 27 heavy (non-hydrogen) atoms. The van der Waals surface area contributed by atoms with Gasteiger partial charge in [-0.3, -0.25) is 0 Å². The predicted molar refractivity (Wildman–Crippen MR) is 103 cm³/mol. The Kier molecular flexibility index (Phi) is 4.54. The second-order valence-corrected chi connectivity index (χ2v) is 6.24. The first kappa shape index (κ1) is 16.8. The van der Waals surface area contributed by atoms with E-state index in [9.17, 15) is 9.90 Å². The maximum atomic E-state index is 11.2. The minimum atomic E-state index is -0.976. The number of para-hydroxylation sites is 1. The number of aromatic carboxylic acids is 1. The highest BCUT2D eigenvalue weighted by molar-refractivity contribution is 5.88. The molecule has 132 valence electrons. The average Bonchev–Trinajstić information content (AvgIpc) is 2.71. The van der Waals surface area contributed by atoms with Gasteiger partial charge in [0.15, 0.2) is 6.54 Å². The van der Waals surface area contributed by atoms with E-state index in [1.807, 2.05) is 42.5 Å². The van der Waals surface area contributed by atoms with Gasteiger partial charge >= 0.3 is 11.8 Å². The predicted octanol–water partition coefficient (Wildman–Crippen LogP) is 4.67. The molecular weight excluding hydrogens is 338 g/mol. The molecule has 0 fully saturated rings. The fourth-order valence-electron chi connectivity index (χ4n) is 3.08. The van der Waals surface area contributed by atoms with Gasteiger partial charge in [0.2, 0.25) is 5.52 Å². The van der Waals surface area contributed by atoms with E-state index in [0.717, 1.165) is 16.5 Å². The normalized spacial score (nSPS) is 10.7. The number of hydrogen-bond acceptors (Lipinski definition) is 2. The van der Waals surface area contributed by atoms with Crippen molar-refractivity contribution in [2.75, 3.05) is 0 Å². The lowest BCUT2D eigenvalue weighted by Gasteiger charge is -2.09. The maximum absolute atomic E-state index is 11.2. The molecule has 1 heterocycles. The van der Waals surface area contributed by atoms with Gasteiger partial charge in [-0.05, 0) is 30.3 Å². The molecule has 4 rings (SSSR count). The summed E-state index contributed by atoms with van der Waals surface area (Å²) >= 11 is 0. The Morgan fingerprint density at radius 3 is 2.44 bits per heavy atom. The van der Waals surface area contributed by atoms with Gasteiger partial charge in [-0.25, -0.2) is 4.79 Å². The maximum Gasteiger partial charge on any atom is 0.374 e. The van der Waals surface area contributed by atoms with Gasteiger partial charge in [0.25, 0.3) is 0 Å². The molecule has 0 atom stereocenters. The second kappa shape index (κ2) is 7.30. The zero-order valence-corrected chi connectivity index (χ0v) is 14.6. The molecule has 1 N–H and O–H groups in total. The van der Waals surface area contributed by atoms with Crippen LogP contribution in [0.25, 0.3) is 10.9 Å². The first-order chi connectivity index (χ1) is 13.2. The van der Waals surface area contributed by atoms with Crippen molar-refractivity contribution in [3.63, 3.8) is 0 Å². The van der Waals surface area contributed by atoms with E-state index < -0.39 is 5.97 Å². The molecule has 0 radical (unpaired) electrons. The number of nitrogens with zero attached hydrogens (tertiary/aromatic N) is 1. The summed E-state index contributed by atoms with van der Waals surface area (Å²) in [6.45, 7) is 0.649. The Morgan fingerprint density at radius 2 is 1.63 bits per heavy atom. The molecule has 4 heteroatoms. The number of hydrogen-bond donors (Lipinski definition) is 1. The highest BCUT2D eigenvalue weighted by atomic mass is 16.5. The van der Waals surface area contributed by atoms with Crippen LogP contribution in [-0.2, 0) is 6.54 Å². The Hall–Kier alpha value is -3.66. The minimum Gasteiger partial charge on any atom is -0.478 e. The zero-order valence-electron chi connectivity index (χ0n) is 14.6. The molecular formula is C23H18NO3+. The van der Waals surface area contributed by atoms with E-state index in [2.05, 4.69) is 28.8 Å². The third-order valence-electron chi connectivity index (χ3n) is 4.39. The molecule has 0 spiro atoms. The number of carbonyl (C=O) groups is 1. The second-order valence-electron chi connectivity index (χ2n) is 6.24. The Morgan fingerprint density at radius 1 is 0.852 bits per heavy atom. The lowest BCUT2D eigenvalue weighted by molar-refractivity contribution is -0.666. The van der Waals surface area contributed by atoms with E-state index in [1.165, 1.54) is 6.07 Å². The first-order valence-electron chi connectivity index (χ1n) is 8.67. The fraction of sp³-hybridized carbons (Fsp3) is 0.0435. The molecule has 1 aromatic heterocycles. The zero-order chi connectivity index (χ0) is 18.6. The summed E-state index contributed by atoms with van der Waals surface area (Å²) in [7, 11) is 0. The number of benzene rings is 3. The number of ether oxygens (including phenoxy) is 1. The van der Waals surface area contributed by atoms with Crippen LogP contribution in [-0.4, -0.2) is 11.1 Å². The molecule has 0 aliphatic rings. The number of fused-ring (bicyclic) bond motifs is 1. The number of carboxylic acids is 1. The molecule has 0 aliphatic heterocycles. The van der Waals surface area contributed by atoms with Crippen molar-refractivity contribution in [1.82, 2.24) is 0 Å². The van der Waals surface area contributed by atoms with E-state index in [0.29, 0.717) is 18.2 Å². The molecule has 4 aromatic rings. The van der Waals surface area contributed by atoms with Crippen molar-refractivity contribution in [2.45, 2.75) is 6.54 Å². The lowest BCUT2D eigenvalue weighted by Crippen LogP contribution is -2.36. The topological polar surface area (TPSA) is 50.4 Å². The van der Waals surface area contributed by atoms with Gasteiger partial charge < -0.3 is 9.84 Å². The lowest BCUT2D eigenvalue weighted by atomic mass is 10.1. The monoisotopic (exact) mass is 356 g/mol. The third-order valence-corrected chi connectivity index (χ3v) is 4.39. The summed E-state index contributed by atoms with van der Waals surface area (Å²) in [5.74, 6) is 0.170. The van der Waals surface area contributed by atoms with Crippen molar-refractivity contribution in [3.05, 3.63) is 102 Å². The molecule has 0 amide bonds. The summed E-state index contributed by atoms with van der Waals surface area (Å²) < 4.78 is 8.18. The number of aromatic nitrogens is 1. The van der Waals surface area contributed by atoms with Gasteiger partial charge in [0.1, 0.15) is 5.75 Å². The number of pyridine rings is 1.